The van der Waals surface area contributed by atoms with E-state index >= 15 is 0 Å². The Morgan fingerprint density at radius 2 is 2.08 bits per heavy atom. The molecule has 7 nitrogen and oxygen atoms in total. The van der Waals surface area contributed by atoms with Gasteiger partial charge in [0.25, 0.3) is 5.78 Å². The average molecular weight is 328 g/mol. The minimum absolute atomic E-state index is 0.112. The monoisotopic (exact) mass is 328 g/mol. The second-order valence-electron chi connectivity index (χ2n) is 7.09. The lowest BCUT2D eigenvalue weighted by atomic mass is 9.70. The average Bonchev–Trinajstić information content (AvgIpc) is 3.18. The molecule has 4 rings (SSSR count). The van der Waals surface area contributed by atoms with Gasteiger partial charge in [-0.3, -0.25) is 0 Å². The van der Waals surface area contributed by atoms with Gasteiger partial charge in [-0.15, -0.1) is 5.10 Å². The summed E-state index contributed by atoms with van der Waals surface area (Å²) >= 11 is 0. The van der Waals surface area contributed by atoms with Crippen molar-refractivity contribution in [3.8, 4) is 0 Å². The van der Waals surface area contributed by atoms with Crippen LogP contribution >= 0.6 is 0 Å². The van der Waals surface area contributed by atoms with Crippen molar-refractivity contribution >= 4 is 11.8 Å². The number of urea groups is 1. The molecule has 2 aliphatic rings. The molecule has 2 aliphatic carbocycles. The number of hydrogen-bond acceptors (Lipinski definition) is 4. The first kappa shape index (κ1) is 15.4. The van der Waals surface area contributed by atoms with Crippen molar-refractivity contribution in [3.63, 3.8) is 0 Å². The van der Waals surface area contributed by atoms with E-state index in [1.54, 1.807) is 23.0 Å². The van der Waals surface area contributed by atoms with Crippen molar-refractivity contribution in [1.82, 2.24) is 30.2 Å². The highest BCUT2D eigenvalue weighted by atomic mass is 16.2. The molecule has 2 saturated carbocycles. The second-order valence-corrected chi connectivity index (χ2v) is 7.09. The molecule has 2 aromatic rings. The van der Waals surface area contributed by atoms with E-state index in [0.717, 1.165) is 6.42 Å². The second kappa shape index (κ2) is 6.37. The van der Waals surface area contributed by atoms with Crippen LogP contribution in [0.25, 0.3) is 5.78 Å². The maximum atomic E-state index is 12.3. The Morgan fingerprint density at radius 3 is 2.92 bits per heavy atom. The third-order valence-corrected chi connectivity index (χ3v) is 5.63. The predicted molar refractivity (Wildman–Crippen MR) is 89.3 cm³/mol. The van der Waals surface area contributed by atoms with Crippen molar-refractivity contribution in [1.29, 1.82) is 0 Å². The standard InChI is InChI=1S/C17H24N6O/c24-16(19-12-14-21-15-18-10-5-11-23(15)22-14)20-13-6-4-9-17(13)7-2-1-3-8-17/h5,10-11,13H,1-4,6-9,12H2,(H2,19,20,24)/t13-/m0/s1. The Balaban J connectivity index is 1.34. The van der Waals surface area contributed by atoms with Crippen LogP contribution in [0.3, 0.4) is 0 Å². The smallest absolute Gasteiger partial charge is 0.315 e. The summed E-state index contributed by atoms with van der Waals surface area (Å²) in [4.78, 5) is 20.7. The van der Waals surface area contributed by atoms with Crippen LogP contribution in [-0.4, -0.2) is 31.7 Å². The maximum Gasteiger partial charge on any atom is 0.315 e. The van der Waals surface area contributed by atoms with Gasteiger partial charge in [0.1, 0.15) is 0 Å². The number of rotatable bonds is 3. The number of carbonyl (C=O) groups excluding carboxylic acids is 1. The van der Waals surface area contributed by atoms with Crippen molar-refractivity contribution in [2.45, 2.75) is 64.0 Å². The van der Waals surface area contributed by atoms with Gasteiger partial charge in [-0.05, 0) is 37.2 Å². The molecule has 0 saturated heterocycles. The molecular weight excluding hydrogens is 304 g/mol. The van der Waals surface area contributed by atoms with Gasteiger partial charge in [0.2, 0.25) is 0 Å². The zero-order chi connectivity index (χ0) is 16.4. The fourth-order valence-corrected chi connectivity index (χ4v) is 4.44. The lowest BCUT2D eigenvalue weighted by Crippen LogP contribution is -2.48. The molecule has 7 heteroatoms. The van der Waals surface area contributed by atoms with Gasteiger partial charge >= 0.3 is 6.03 Å². The van der Waals surface area contributed by atoms with Gasteiger partial charge < -0.3 is 10.6 Å². The highest BCUT2D eigenvalue weighted by Crippen LogP contribution is 2.49. The van der Waals surface area contributed by atoms with Crippen LogP contribution in [-0.2, 0) is 6.54 Å². The number of aromatic nitrogens is 4. The largest absolute Gasteiger partial charge is 0.335 e. The molecule has 1 spiro atoms. The fourth-order valence-electron chi connectivity index (χ4n) is 4.44. The number of nitrogens with zero attached hydrogens (tertiary/aromatic N) is 4. The summed E-state index contributed by atoms with van der Waals surface area (Å²) in [6.45, 7) is 0.314. The van der Waals surface area contributed by atoms with E-state index in [1.807, 2.05) is 0 Å². The summed E-state index contributed by atoms with van der Waals surface area (Å²) in [5, 5.41) is 10.4. The van der Waals surface area contributed by atoms with Gasteiger partial charge in [0, 0.05) is 18.4 Å². The first-order valence-corrected chi connectivity index (χ1v) is 8.96. The van der Waals surface area contributed by atoms with E-state index in [-0.39, 0.29) is 6.03 Å². The molecule has 2 amide bonds. The maximum absolute atomic E-state index is 12.3. The van der Waals surface area contributed by atoms with Crippen LogP contribution in [0.1, 0.15) is 57.2 Å². The minimum Gasteiger partial charge on any atom is -0.335 e. The minimum atomic E-state index is -0.112. The zero-order valence-electron chi connectivity index (χ0n) is 13.9. The van der Waals surface area contributed by atoms with E-state index < -0.39 is 0 Å². The normalized spacial score (nSPS) is 22.8. The lowest BCUT2D eigenvalue weighted by Gasteiger charge is -2.39. The topological polar surface area (TPSA) is 84.2 Å². The Kier molecular flexibility index (Phi) is 4.08. The van der Waals surface area contributed by atoms with Crippen molar-refractivity contribution < 1.29 is 4.79 Å². The van der Waals surface area contributed by atoms with Crippen LogP contribution in [0.4, 0.5) is 4.79 Å². The SMILES string of the molecule is O=C(NCc1nc2ncccn2n1)N[C@H]1CCCC12CCCCC2. The molecule has 2 heterocycles. The molecule has 0 unspecified atom stereocenters. The number of fused-ring (bicyclic) bond motifs is 1. The van der Waals surface area contributed by atoms with E-state index in [4.69, 9.17) is 0 Å². The highest BCUT2D eigenvalue weighted by molar-refractivity contribution is 5.74. The molecule has 0 bridgehead atoms. The Labute approximate surface area is 141 Å². The molecular formula is C17H24N6O. The van der Waals surface area contributed by atoms with Crippen molar-refractivity contribution in [3.05, 3.63) is 24.3 Å². The molecule has 0 radical (unpaired) electrons. The molecule has 0 aromatic carbocycles. The van der Waals surface area contributed by atoms with Crippen LogP contribution in [0.2, 0.25) is 0 Å². The summed E-state index contributed by atoms with van der Waals surface area (Å²) in [6, 6.07) is 2.00. The third kappa shape index (κ3) is 2.95. The van der Waals surface area contributed by atoms with E-state index in [2.05, 4.69) is 25.7 Å². The Morgan fingerprint density at radius 1 is 1.25 bits per heavy atom. The third-order valence-electron chi connectivity index (χ3n) is 5.63. The first-order valence-electron chi connectivity index (χ1n) is 8.96. The lowest BCUT2D eigenvalue weighted by molar-refractivity contribution is 0.150. The van der Waals surface area contributed by atoms with Crippen molar-refractivity contribution in [2.24, 2.45) is 5.41 Å². The van der Waals surface area contributed by atoms with E-state index in [0.29, 0.717) is 29.6 Å². The number of carbonyl (C=O) groups is 1. The molecule has 1 atom stereocenters. The van der Waals surface area contributed by atoms with Crippen LogP contribution < -0.4 is 10.6 Å². The number of hydrogen-bond donors (Lipinski definition) is 2. The Bertz CT molecular complexity index is 688. The van der Waals surface area contributed by atoms with Gasteiger partial charge in [0.15, 0.2) is 5.82 Å². The molecule has 2 fully saturated rings. The number of amides is 2. The van der Waals surface area contributed by atoms with Gasteiger partial charge in [-0.2, -0.15) is 4.98 Å². The summed E-state index contributed by atoms with van der Waals surface area (Å²) in [7, 11) is 0. The fraction of sp³-hybridized carbons (Fsp3) is 0.647. The molecule has 128 valence electrons. The van der Waals surface area contributed by atoms with Crippen molar-refractivity contribution in [2.75, 3.05) is 0 Å². The van der Waals surface area contributed by atoms with E-state index in [1.165, 1.54) is 44.9 Å². The number of nitrogens with one attached hydrogen (secondary N) is 2. The van der Waals surface area contributed by atoms with Crippen LogP contribution in [0, 0.1) is 5.41 Å². The van der Waals surface area contributed by atoms with Gasteiger partial charge in [-0.1, -0.05) is 25.7 Å². The summed E-state index contributed by atoms with van der Waals surface area (Å²) in [5.74, 6) is 1.12. The molecule has 2 aromatic heterocycles. The summed E-state index contributed by atoms with van der Waals surface area (Å²) < 4.78 is 1.61. The molecule has 0 aliphatic heterocycles. The first-order chi connectivity index (χ1) is 11.8. The summed E-state index contributed by atoms with van der Waals surface area (Å²) in [6.07, 6.45) is 13.5. The van der Waals surface area contributed by atoms with Crippen LogP contribution in [0.5, 0.6) is 0 Å². The highest BCUT2D eigenvalue weighted by Gasteiger charge is 2.43. The summed E-state index contributed by atoms with van der Waals surface area (Å²) in [5.41, 5.74) is 0.348. The predicted octanol–water partition coefficient (Wildman–Crippen LogP) is 2.43. The van der Waals surface area contributed by atoms with Crippen LogP contribution in [0.15, 0.2) is 18.5 Å². The van der Waals surface area contributed by atoms with E-state index in [9.17, 15) is 4.79 Å². The zero-order valence-corrected chi connectivity index (χ0v) is 13.9. The molecule has 2 N–H and O–H groups in total. The van der Waals surface area contributed by atoms with Gasteiger partial charge in [-0.25, -0.2) is 14.3 Å². The van der Waals surface area contributed by atoms with Gasteiger partial charge in [0.05, 0.1) is 6.54 Å². The quantitative estimate of drug-likeness (QED) is 0.906. The Hall–Kier alpha value is -2.18. The molecule has 24 heavy (non-hydrogen) atoms.